The maximum atomic E-state index is 10.9. The van der Waals surface area contributed by atoms with E-state index in [0.717, 1.165) is 3.57 Å². The van der Waals surface area contributed by atoms with Crippen LogP contribution in [0.2, 0.25) is 5.02 Å². The van der Waals surface area contributed by atoms with Crippen molar-refractivity contribution >= 4 is 51.8 Å². The van der Waals surface area contributed by atoms with Crippen molar-refractivity contribution in [1.29, 1.82) is 0 Å². The summed E-state index contributed by atoms with van der Waals surface area (Å²) in [5.74, 6) is -1.49. The second-order valence-corrected chi connectivity index (χ2v) is 5.25. The monoisotopic (exact) mass is 382 g/mol. The summed E-state index contributed by atoms with van der Waals surface area (Å²) < 4.78 is 0.986. The Labute approximate surface area is 123 Å². The topological polar surface area (TPSA) is 78.4 Å². The first kappa shape index (κ1) is 15.0. The lowest BCUT2D eigenvalue weighted by Crippen LogP contribution is -2.44. The van der Waals surface area contributed by atoms with Gasteiger partial charge in [0, 0.05) is 17.0 Å². The molecule has 0 heterocycles. The summed E-state index contributed by atoms with van der Waals surface area (Å²) in [4.78, 5) is 21.8. The summed E-state index contributed by atoms with van der Waals surface area (Å²) in [5, 5.41) is 14.7. The maximum Gasteiger partial charge on any atom is 0.328 e. The summed E-state index contributed by atoms with van der Waals surface area (Å²) in [6, 6.07) is 4.39. The van der Waals surface area contributed by atoms with E-state index in [2.05, 4.69) is 33.2 Å². The van der Waals surface area contributed by atoms with Crippen LogP contribution in [0.3, 0.4) is 0 Å². The van der Waals surface area contributed by atoms with Crippen molar-refractivity contribution in [1.82, 2.24) is 5.32 Å². The minimum Gasteiger partial charge on any atom is -0.480 e. The van der Waals surface area contributed by atoms with Gasteiger partial charge in [0.1, 0.15) is 6.04 Å². The van der Waals surface area contributed by atoms with Crippen molar-refractivity contribution in [2.45, 2.75) is 13.0 Å². The number of nitrogens with one attached hydrogen (secondary N) is 2. The quantitative estimate of drug-likeness (QED) is 0.680. The molecular formula is C11H12ClIN2O3. The van der Waals surface area contributed by atoms with Gasteiger partial charge in [0.2, 0.25) is 5.91 Å². The van der Waals surface area contributed by atoms with Crippen molar-refractivity contribution in [2.24, 2.45) is 0 Å². The van der Waals surface area contributed by atoms with Crippen molar-refractivity contribution in [3.63, 3.8) is 0 Å². The summed E-state index contributed by atoms with van der Waals surface area (Å²) in [6.07, 6.45) is 0. The van der Waals surface area contributed by atoms with E-state index in [4.69, 9.17) is 16.7 Å². The second kappa shape index (κ2) is 6.79. The van der Waals surface area contributed by atoms with E-state index in [1.54, 1.807) is 12.1 Å². The first-order chi connectivity index (χ1) is 8.40. The maximum absolute atomic E-state index is 10.9. The normalized spacial score (nSPS) is 11.7. The van der Waals surface area contributed by atoms with Crippen LogP contribution in [0.5, 0.6) is 0 Å². The Bertz CT molecular complexity index is 468. The van der Waals surface area contributed by atoms with Crippen LogP contribution in [0.15, 0.2) is 18.2 Å². The van der Waals surface area contributed by atoms with Crippen LogP contribution in [-0.2, 0) is 9.59 Å². The average Bonchev–Trinajstić information content (AvgIpc) is 2.25. The van der Waals surface area contributed by atoms with Gasteiger partial charge in [0.25, 0.3) is 0 Å². The molecule has 98 valence electrons. The van der Waals surface area contributed by atoms with Gasteiger partial charge in [-0.15, -0.1) is 0 Å². The molecule has 0 aliphatic carbocycles. The highest BCUT2D eigenvalue weighted by atomic mass is 127. The molecule has 1 aromatic carbocycles. The number of rotatable bonds is 5. The van der Waals surface area contributed by atoms with E-state index in [1.165, 1.54) is 6.92 Å². The number of hydrogen-bond donors (Lipinski definition) is 3. The van der Waals surface area contributed by atoms with Crippen LogP contribution in [0.1, 0.15) is 6.92 Å². The van der Waals surface area contributed by atoms with Crippen molar-refractivity contribution in [3.8, 4) is 0 Å². The molecule has 1 atom stereocenters. The van der Waals surface area contributed by atoms with Crippen molar-refractivity contribution in [3.05, 3.63) is 26.8 Å². The number of carbonyl (C=O) groups excluding carboxylic acids is 1. The molecule has 0 fully saturated rings. The Balaban J connectivity index is 2.66. The van der Waals surface area contributed by atoms with E-state index < -0.39 is 17.9 Å². The summed E-state index contributed by atoms with van der Waals surface area (Å²) in [5.41, 5.74) is 0.633. The zero-order chi connectivity index (χ0) is 13.7. The van der Waals surface area contributed by atoms with Gasteiger partial charge >= 0.3 is 5.97 Å². The number of anilines is 1. The number of carboxylic acids is 1. The van der Waals surface area contributed by atoms with E-state index >= 15 is 0 Å². The molecule has 0 aliphatic heterocycles. The summed E-state index contributed by atoms with van der Waals surface area (Å²) >= 11 is 8.12. The van der Waals surface area contributed by atoms with Crippen LogP contribution in [-0.4, -0.2) is 29.6 Å². The molecule has 1 amide bonds. The van der Waals surface area contributed by atoms with Gasteiger partial charge in [0.15, 0.2) is 0 Å². The largest absolute Gasteiger partial charge is 0.480 e. The summed E-state index contributed by atoms with van der Waals surface area (Å²) in [6.45, 7) is 1.34. The lowest BCUT2D eigenvalue weighted by molar-refractivity contribution is -0.141. The SMILES string of the molecule is CC(=O)NC(CNc1ccc(I)cc1Cl)C(=O)O. The molecule has 3 N–H and O–H groups in total. The molecule has 0 bridgehead atoms. The van der Waals surface area contributed by atoms with Crippen LogP contribution < -0.4 is 10.6 Å². The number of aliphatic carboxylic acids is 1. The first-order valence-corrected chi connectivity index (χ1v) is 6.54. The Morgan fingerprint density at radius 3 is 2.67 bits per heavy atom. The van der Waals surface area contributed by atoms with Crippen LogP contribution in [0.4, 0.5) is 5.69 Å². The molecular weight excluding hydrogens is 370 g/mol. The molecule has 0 spiro atoms. The molecule has 18 heavy (non-hydrogen) atoms. The Kier molecular flexibility index (Phi) is 5.67. The molecule has 0 aliphatic rings. The van der Waals surface area contributed by atoms with Crippen molar-refractivity contribution in [2.75, 3.05) is 11.9 Å². The van der Waals surface area contributed by atoms with Gasteiger partial charge in [-0.1, -0.05) is 11.6 Å². The number of halogens is 2. The van der Waals surface area contributed by atoms with Gasteiger partial charge < -0.3 is 15.7 Å². The molecule has 0 saturated carbocycles. The average molecular weight is 383 g/mol. The fourth-order valence-electron chi connectivity index (χ4n) is 1.29. The number of hydrogen-bond acceptors (Lipinski definition) is 3. The highest BCUT2D eigenvalue weighted by Gasteiger charge is 2.18. The minimum atomic E-state index is -1.10. The third kappa shape index (κ3) is 4.69. The fraction of sp³-hybridized carbons (Fsp3) is 0.273. The van der Waals surface area contributed by atoms with E-state index in [9.17, 15) is 9.59 Å². The van der Waals surface area contributed by atoms with Crippen molar-refractivity contribution < 1.29 is 14.7 Å². The first-order valence-electron chi connectivity index (χ1n) is 5.09. The summed E-state index contributed by atoms with van der Waals surface area (Å²) in [7, 11) is 0. The van der Waals surface area contributed by atoms with E-state index in [0.29, 0.717) is 10.7 Å². The van der Waals surface area contributed by atoms with Crippen LogP contribution in [0.25, 0.3) is 0 Å². The molecule has 0 aromatic heterocycles. The van der Waals surface area contributed by atoms with Gasteiger partial charge in [-0.05, 0) is 40.8 Å². The smallest absolute Gasteiger partial charge is 0.328 e. The zero-order valence-electron chi connectivity index (χ0n) is 9.54. The van der Waals surface area contributed by atoms with E-state index in [-0.39, 0.29) is 6.54 Å². The predicted molar refractivity (Wildman–Crippen MR) is 77.9 cm³/mol. The molecule has 7 heteroatoms. The van der Waals surface area contributed by atoms with Crippen LogP contribution in [0, 0.1) is 3.57 Å². The molecule has 1 rings (SSSR count). The Morgan fingerprint density at radius 1 is 1.50 bits per heavy atom. The number of amides is 1. The molecule has 0 radical (unpaired) electrons. The number of benzene rings is 1. The number of carbonyl (C=O) groups is 2. The standard InChI is InChI=1S/C11H12ClIN2O3/c1-6(16)15-10(11(17)18)5-14-9-3-2-7(13)4-8(9)12/h2-4,10,14H,5H2,1H3,(H,15,16)(H,17,18). The van der Waals surface area contributed by atoms with Gasteiger partial charge in [0.05, 0.1) is 10.7 Å². The second-order valence-electron chi connectivity index (χ2n) is 3.60. The van der Waals surface area contributed by atoms with Gasteiger partial charge in [-0.25, -0.2) is 4.79 Å². The predicted octanol–water partition coefficient (Wildman–Crippen LogP) is 1.95. The Hall–Kier alpha value is -1.02. The van der Waals surface area contributed by atoms with Gasteiger partial charge in [-0.2, -0.15) is 0 Å². The lowest BCUT2D eigenvalue weighted by Gasteiger charge is -2.15. The molecule has 1 aromatic rings. The third-order valence-electron chi connectivity index (χ3n) is 2.10. The van der Waals surface area contributed by atoms with Gasteiger partial charge in [-0.3, -0.25) is 4.79 Å². The fourth-order valence-corrected chi connectivity index (χ4v) is 2.21. The minimum absolute atomic E-state index is 0.0647. The highest BCUT2D eigenvalue weighted by molar-refractivity contribution is 14.1. The van der Waals surface area contributed by atoms with E-state index in [1.807, 2.05) is 6.07 Å². The molecule has 1 unspecified atom stereocenters. The van der Waals surface area contributed by atoms with Crippen LogP contribution >= 0.6 is 34.2 Å². The lowest BCUT2D eigenvalue weighted by atomic mass is 10.2. The third-order valence-corrected chi connectivity index (χ3v) is 3.09. The molecule has 5 nitrogen and oxygen atoms in total. The Morgan fingerprint density at radius 2 is 2.17 bits per heavy atom. The zero-order valence-corrected chi connectivity index (χ0v) is 12.4. The molecule has 0 saturated heterocycles. The highest BCUT2D eigenvalue weighted by Crippen LogP contribution is 2.23. The number of carboxylic acid groups (broad SMARTS) is 1.